The molecule has 0 atom stereocenters. The van der Waals surface area contributed by atoms with Crippen molar-refractivity contribution in [3.8, 4) is 5.75 Å². The zero-order chi connectivity index (χ0) is 20.8. The van der Waals surface area contributed by atoms with Crippen LogP contribution in [0.5, 0.6) is 5.75 Å². The fraction of sp³-hybridized carbons (Fsp3) is 0.333. The van der Waals surface area contributed by atoms with Gasteiger partial charge in [-0.1, -0.05) is 13.0 Å². The van der Waals surface area contributed by atoms with E-state index in [0.29, 0.717) is 17.4 Å². The average molecular weight is 397 g/mol. The Hall–Kier alpha value is -3.42. The van der Waals surface area contributed by atoms with E-state index in [0.717, 1.165) is 25.9 Å². The van der Waals surface area contributed by atoms with Gasteiger partial charge in [0, 0.05) is 36.5 Å². The molecule has 0 saturated carbocycles. The topological polar surface area (TPSA) is 102 Å². The Morgan fingerprint density at radius 3 is 2.52 bits per heavy atom. The highest BCUT2D eigenvalue weighted by Gasteiger charge is 2.20. The summed E-state index contributed by atoms with van der Waals surface area (Å²) in [6.07, 6.45) is 2.04. The van der Waals surface area contributed by atoms with Gasteiger partial charge in [-0.05, 0) is 49.1 Å². The van der Waals surface area contributed by atoms with Gasteiger partial charge in [-0.15, -0.1) is 0 Å². The van der Waals surface area contributed by atoms with Crippen molar-refractivity contribution in [1.29, 1.82) is 0 Å². The molecule has 1 N–H and O–H groups in total. The van der Waals surface area contributed by atoms with Crippen LogP contribution in [0.3, 0.4) is 0 Å². The van der Waals surface area contributed by atoms with Gasteiger partial charge in [-0.3, -0.25) is 19.7 Å². The number of carbonyl (C=O) groups is 2. The second-order valence-corrected chi connectivity index (χ2v) is 7.14. The molecule has 2 aromatic carbocycles. The number of hydrogen-bond acceptors (Lipinski definition) is 5. The number of piperidine rings is 1. The number of amides is 2. The van der Waals surface area contributed by atoms with Gasteiger partial charge in [0.15, 0.2) is 6.61 Å². The third kappa shape index (κ3) is 5.54. The molecule has 1 heterocycles. The monoisotopic (exact) mass is 397 g/mol. The van der Waals surface area contributed by atoms with Gasteiger partial charge < -0.3 is 15.0 Å². The standard InChI is InChI=1S/C21H23N3O5/c1-15-9-11-23(12-10-15)20(25)14-29-19-7-5-17(6-8-19)22-21(26)16-3-2-4-18(13-16)24(27)28/h2-8,13,15H,9-12,14H2,1H3,(H,22,26). The zero-order valence-corrected chi connectivity index (χ0v) is 16.2. The van der Waals surface area contributed by atoms with E-state index < -0.39 is 10.8 Å². The van der Waals surface area contributed by atoms with Crippen LogP contribution in [0, 0.1) is 16.0 Å². The number of ether oxygens (including phenoxy) is 1. The highest BCUT2D eigenvalue weighted by atomic mass is 16.6. The first kappa shape index (κ1) is 20.3. The van der Waals surface area contributed by atoms with Crippen molar-refractivity contribution in [3.63, 3.8) is 0 Å². The van der Waals surface area contributed by atoms with Crippen LogP contribution in [0.1, 0.15) is 30.1 Å². The molecule has 1 aliphatic rings. The Kier molecular flexibility index (Phi) is 6.43. The van der Waals surface area contributed by atoms with Gasteiger partial charge in [0.25, 0.3) is 17.5 Å². The number of rotatable bonds is 6. The molecule has 1 saturated heterocycles. The smallest absolute Gasteiger partial charge is 0.270 e. The van der Waals surface area contributed by atoms with E-state index in [2.05, 4.69) is 12.2 Å². The number of likely N-dealkylation sites (tertiary alicyclic amines) is 1. The quantitative estimate of drug-likeness (QED) is 0.594. The number of nitro benzene ring substituents is 1. The number of anilines is 1. The fourth-order valence-corrected chi connectivity index (χ4v) is 3.09. The van der Waals surface area contributed by atoms with Crippen LogP contribution in [-0.4, -0.2) is 41.3 Å². The first-order valence-corrected chi connectivity index (χ1v) is 9.49. The normalized spacial score (nSPS) is 14.3. The van der Waals surface area contributed by atoms with E-state index >= 15 is 0 Å². The maximum atomic E-state index is 12.3. The van der Waals surface area contributed by atoms with Crippen molar-refractivity contribution in [2.24, 2.45) is 5.92 Å². The van der Waals surface area contributed by atoms with Gasteiger partial charge in [0.05, 0.1) is 4.92 Å². The Morgan fingerprint density at radius 1 is 1.17 bits per heavy atom. The molecule has 0 radical (unpaired) electrons. The van der Waals surface area contributed by atoms with Crippen molar-refractivity contribution >= 4 is 23.2 Å². The first-order chi connectivity index (χ1) is 13.9. The van der Waals surface area contributed by atoms with Crippen LogP contribution in [0.4, 0.5) is 11.4 Å². The van der Waals surface area contributed by atoms with Crippen LogP contribution in [0.2, 0.25) is 0 Å². The molecule has 0 spiro atoms. The van der Waals surface area contributed by atoms with E-state index in [-0.39, 0.29) is 23.8 Å². The Balaban J connectivity index is 1.52. The van der Waals surface area contributed by atoms with Gasteiger partial charge in [-0.25, -0.2) is 0 Å². The van der Waals surface area contributed by atoms with E-state index in [9.17, 15) is 19.7 Å². The third-order valence-electron chi connectivity index (χ3n) is 4.93. The van der Waals surface area contributed by atoms with Crippen LogP contribution >= 0.6 is 0 Å². The summed E-state index contributed by atoms with van der Waals surface area (Å²) in [5.74, 6) is 0.707. The van der Waals surface area contributed by atoms with Crippen LogP contribution in [0.15, 0.2) is 48.5 Å². The van der Waals surface area contributed by atoms with Crippen LogP contribution in [0.25, 0.3) is 0 Å². The number of non-ortho nitro benzene ring substituents is 1. The summed E-state index contributed by atoms with van der Waals surface area (Å²) in [4.78, 5) is 36.6. The predicted octanol–water partition coefficient (Wildman–Crippen LogP) is 3.48. The summed E-state index contributed by atoms with van der Waals surface area (Å²) in [6, 6.07) is 12.1. The lowest BCUT2D eigenvalue weighted by atomic mass is 9.99. The molecule has 0 aromatic heterocycles. The highest BCUT2D eigenvalue weighted by molar-refractivity contribution is 6.04. The lowest BCUT2D eigenvalue weighted by Gasteiger charge is -2.30. The third-order valence-corrected chi connectivity index (χ3v) is 4.93. The number of nitrogens with one attached hydrogen (secondary N) is 1. The molecule has 2 aromatic rings. The lowest BCUT2D eigenvalue weighted by molar-refractivity contribution is -0.384. The maximum Gasteiger partial charge on any atom is 0.270 e. The van der Waals surface area contributed by atoms with E-state index in [1.807, 2.05) is 4.90 Å². The second-order valence-electron chi connectivity index (χ2n) is 7.14. The molecule has 2 amide bonds. The summed E-state index contributed by atoms with van der Waals surface area (Å²) in [7, 11) is 0. The van der Waals surface area contributed by atoms with Gasteiger partial charge in [0.1, 0.15) is 5.75 Å². The molecule has 0 unspecified atom stereocenters. The molecule has 0 aliphatic carbocycles. The summed E-state index contributed by atoms with van der Waals surface area (Å²) in [5, 5.41) is 13.5. The fourth-order valence-electron chi connectivity index (χ4n) is 3.09. The zero-order valence-electron chi connectivity index (χ0n) is 16.2. The number of nitrogens with zero attached hydrogens (tertiary/aromatic N) is 2. The number of nitro groups is 1. The molecule has 0 bridgehead atoms. The maximum absolute atomic E-state index is 12.3. The Bertz CT molecular complexity index is 889. The van der Waals surface area contributed by atoms with E-state index in [1.165, 1.54) is 24.3 Å². The van der Waals surface area contributed by atoms with Crippen LogP contribution < -0.4 is 10.1 Å². The van der Waals surface area contributed by atoms with Crippen molar-refractivity contribution in [2.75, 3.05) is 25.0 Å². The number of carbonyl (C=O) groups excluding carboxylic acids is 2. The predicted molar refractivity (Wildman–Crippen MR) is 108 cm³/mol. The summed E-state index contributed by atoms with van der Waals surface area (Å²) < 4.78 is 5.56. The summed E-state index contributed by atoms with van der Waals surface area (Å²) in [5.41, 5.74) is 0.570. The SMILES string of the molecule is CC1CCN(C(=O)COc2ccc(NC(=O)c3cccc([N+](=O)[O-])c3)cc2)CC1. The van der Waals surface area contributed by atoms with Crippen molar-refractivity contribution < 1.29 is 19.2 Å². The number of hydrogen-bond donors (Lipinski definition) is 1. The minimum Gasteiger partial charge on any atom is -0.484 e. The lowest BCUT2D eigenvalue weighted by Crippen LogP contribution is -2.40. The minimum absolute atomic E-state index is 0.0201. The van der Waals surface area contributed by atoms with E-state index in [1.54, 1.807) is 24.3 Å². The Labute approximate surface area is 168 Å². The molecule has 1 fully saturated rings. The van der Waals surface area contributed by atoms with Crippen molar-refractivity contribution in [2.45, 2.75) is 19.8 Å². The van der Waals surface area contributed by atoms with Crippen molar-refractivity contribution in [3.05, 3.63) is 64.2 Å². The molecular formula is C21H23N3O5. The Morgan fingerprint density at radius 2 is 1.86 bits per heavy atom. The summed E-state index contributed by atoms with van der Waals surface area (Å²) in [6.45, 7) is 3.71. The van der Waals surface area contributed by atoms with Crippen molar-refractivity contribution in [1.82, 2.24) is 4.90 Å². The molecule has 29 heavy (non-hydrogen) atoms. The molecule has 8 nitrogen and oxygen atoms in total. The van der Waals surface area contributed by atoms with Gasteiger partial charge in [-0.2, -0.15) is 0 Å². The summed E-state index contributed by atoms with van der Waals surface area (Å²) >= 11 is 0. The van der Waals surface area contributed by atoms with Gasteiger partial charge >= 0.3 is 0 Å². The van der Waals surface area contributed by atoms with Crippen LogP contribution in [-0.2, 0) is 4.79 Å². The second kappa shape index (κ2) is 9.18. The average Bonchev–Trinajstić information content (AvgIpc) is 2.73. The minimum atomic E-state index is -0.547. The first-order valence-electron chi connectivity index (χ1n) is 9.49. The molecular weight excluding hydrogens is 374 g/mol. The largest absolute Gasteiger partial charge is 0.484 e. The van der Waals surface area contributed by atoms with E-state index in [4.69, 9.17) is 4.74 Å². The highest BCUT2D eigenvalue weighted by Crippen LogP contribution is 2.19. The van der Waals surface area contributed by atoms with Gasteiger partial charge in [0.2, 0.25) is 0 Å². The number of benzene rings is 2. The molecule has 1 aliphatic heterocycles. The molecule has 3 rings (SSSR count). The molecule has 8 heteroatoms. The molecule has 152 valence electrons.